The molecule has 1 aliphatic heterocycles. The fourth-order valence-corrected chi connectivity index (χ4v) is 2.93. The third-order valence-electron chi connectivity index (χ3n) is 2.73. The minimum Gasteiger partial charge on any atom is -0.313 e. The van der Waals surface area contributed by atoms with E-state index in [2.05, 4.69) is 5.32 Å². The molecule has 0 saturated carbocycles. The lowest BCUT2D eigenvalue weighted by Crippen LogP contribution is -2.45. The van der Waals surface area contributed by atoms with Crippen molar-refractivity contribution in [2.24, 2.45) is 0 Å². The van der Waals surface area contributed by atoms with Crippen molar-refractivity contribution < 1.29 is 8.42 Å². The van der Waals surface area contributed by atoms with Gasteiger partial charge in [-0.1, -0.05) is 6.92 Å². The lowest BCUT2D eigenvalue weighted by Gasteiger charge is -2.26. The molecule has 0 aromatic heterocycles. The monoisotopic (exact) mass is 235 g/mol. The molecule has 15 heavy (non-hydrogen) atoms. The van der Waals surface area contributed by atoms with E-state index in [-0.39, 0.29) is 0 Å². The Morgan fingerprint density at radius 3 is 2.47 bits per heavy atom. The van der Waals surface area contributed by atoms with Crippen LogP contribution in [0.15, 0.2) is 0 Å². The molecule has 0 amide bonds. The summed E-state index contributed by atoms with van der Waals surface area (Å²) >= 11 is 0. The van der Waals surface area contributed by atoms with Crippen molar-refractivity contribution in [2.75, 3.05) is 33.7 Å². The first-order valence-corrected chi connectivity index (χ1v) is 6.79. The van der Waals surface area contributed by atoms with E-state index in [0.29, 0.717) is 19.1 Å². The SMILES string of the molecule is CCN(CC1CCCN1)S(=O)(=O)N(C)C. The standard InChI is InChI=1S/C9H21N3O2S/c1-4-12(15(13,14)11(2)3)8-9-6-5-7-10-9/h9-10H,4-8H2,1-3H3. The van der Waals surface area contributed by atoms with E-state index in [1.54, 1.807) is 14.1 Å². The maximum Gasteiger partial charge on any atom is 0.281 e. The van der Waals surface area contributed by atoms with Crippen molar-refractivity contribution in [3.05, 3.63) is 0 Å². The lowest BCUT2D eigenvalue weighted by atomic mass is 10.2. The largest absolute Gasteiger partial charge is 0.313 e. The lowest BCUT2D eigenvalue weighted by molar-refractivity contribution is 0.355. The fraction of sp³-hybridized carbons (Fsp3) is 1.00. The summed E-state index contributed by atoms with van der Waals surface area (Å²) < 4.78 is 26.5. The van der Waals surface area contributed by atoms with Gasteiger partial charge in [-0.2, -0.15) is 17.0 Å². The van der Waals surface area contributed by atoms with Crippen LogP contribution in [0.2, 0.25) is 0 Å². The van der Waals surface area contributed by atoms with Crippen molar-refractivity contribution in [3.63, 3.8) is 0 Å². The molecule has 0 aromatic rings. The Morgan fingerprint density at radius 1 is 1.40 bits per heavy atom. The second kappa shape index (κ2) is 5.25. The molecule has 0 radical (unpaired) electrons. The van der Waals surface area contributed by atoms with Crippen LogP contribution in [0, 0.1) is 0 Å². The second-order valence-electron chi connectivity index (χ2n) is 4.03. The van der Waals surface area contributed by atoms with E-state index in [4.69, 9.17) is 0 Å². The van der Waals surface area contributed by atoms with Crippen molar-refractivity contribution in [3.8, 4) is 0 Å². The highest BCUT2D eigenvalue weighted by atomic mass is 32.2. The van der Waals surface area contributed by atoms with Crippen molar-refractivity contribution >= 4 is 10.2 Å². The molecule has 1 aliphatic rings. The van der Waals surface area contributed by atoms with E-state index >= 15 is 0 Å². The molecule has 1 heterocycles. The van der Waals surface area contributed by atoms with Crippen LogP contribution in [0.4, 0.5) is 0 Å². The first-order valence-electron chi connectivity index (χ1n) is 5.39. The summed E-state index contributed by atoms with van der Waals surface area (Å²) in [5, 5.41) is 3.31. The predicted octanol–water partition coefficient (Wildman–Crippen LogP) is -0.133. The zero-order valence-electron chi connectivity index (χ0n) is 9.73. The Morgan fingerprint density at radius 2 is 2.07 bits per heavy atom. The summed E-state index contributed by atoms with van der Waals surface area (Å²) in [6.45, 7) is 3.98. The summed E-state index contributed by atoms with van der Waals surface area (Å²) in [6, 6.07) is 0.319. The summed E-state index contributed by atoms with van der Waals surface area (Å²) in [5.74, 6) is 0. The Hall–Kier alpha value is -0.170. The molecule has 6 heteroatoms. The highest BCUT2D eigenvalue weighted by molar-refractivity contribution is 7.86. The molecule has 1 rings (SSSR count). The average Bonchev–Trinajstić information content (AvgIpc) is 2.65. The average molecular weight is 235 g/mol. The van der Waals surface area contributed by atoms with Gasteiger partial charge in [-0.05, 0) is 19.4 Å². The van der Waals surface area contributed by atoms with Crippen LogP contribution < -0.4 is 5.32 Å². The van der Waals surface area contributed by atoms with E-state index in [1.165, 1.54) is 8.61 Å². The molecule has 90 valence electrons. The summed E-state index contributed by atoms with van der Waals surface area (Å²) in [6.07, 6.45) is 2.21. The minimum atomic E-state index is -3.25. The van der Waals surface area contributed by atoms with Gasteiger partial charge in [0.25, 0.3) is 10.2 Å². The Bertz CT molecular complexity index is 284. The van der Waals surface area contributed by atoms with Gasteiger partial charge in [0.1, 0.15) is 0 Å². The van der Waals surface area contributed by atoms with E-state index in [0.717, 1.165) is 19.4 Å². The van der Waals surface area contributed by atoms with Crippen LogP contribution in [-0.2, 0) is 10.2 Å². The Labute approximate surface area is 92.6 Å². The predicted molar refractivity (Wildman–Crippen MR) is 60.9 cm³/mol. The molecule has 0 aromatic carbocycles. The molecule has 1 saturated heterocycles. The van der Waals surface area contributed by atoms with Crippen LogP contribution in [0.1, 0.15) is 19.8 Å². The fourth-order valence-electron chi connectivity index (χ4n) is 1.78. The molecule has 1 atom stereocenters. The first-order chi connectivity index (χ1) is 6.98. The van der Waals surface area contributed by atoms with Gasteiger partial charge in [-0.25, -0.2) is 0 Å². The Kier molecular flexibility index (Phi) is 4.51. The Balaban J connectivity index is 2.62. The number of hydrogen-bond donors (Lipinski definition) is 1. The van der Waals surface area contributed by atoms with Gasteiger partial charge >= 0.3 is 0 Å². The second-order valence-corrected chi connectivity index (χ2v) is 6.18. The summed E-state index contributed by atoms with van der Waals surface area (Å²) in [7, 11) is -0.111. The number of nitrogens with zero attached hydrogens (tertiary/aromatic N) is 2. The summed E-state index contributed by atoms with van der Waals surface area (Å²) in [4.78, 5) is 0. The maximum atomic E-state index is 11.9. The molecule has 1 fully saturated rings. The van der Waals surface area contributed by atoms with Gasteiger partial charge in [0.15, 0.2) is 0 Å². The quantitative estimate of drug-likeness (QED) is 0.722. The zero-order valence-corrected chi connectivity index (χ0v) is 10.5. The first kappa shape index (κ1) is 12.9. The molecule has 5 nitrogen and oxygen atoms in total. The molecule has 0 spiro atoms. The number of rotatable bonds is 5. The number of hydrogen-bond acceptors (Lipinski definition) is 3. The van der Waals surface area contributed by atoms with Crippen molar-refractivity contribution in [1.29, 1.82) is 0 Å². The third-order valence-corrected chi connectivity index (χ3v) is 4.71. The smallest absolute Gasteiger partial charge is 0.281 e. The van der Waals surface area contributed by atoms with Gasteiger partial charge in [0, 0.05) is 33.2 Å². The minimum absolute atomic E-state index is 0.319. The number of likely N-dealkylation sites (N-methyl/N-ethyl adjacent to an activating group) is 1. The van der Waals surface area contributed by atoms with Crippen LogP contribution in [0.5, 0.6) is 0 Å². The van der Waals surface area contributed by atoms with Gasteiger partial charge in [-0.15, -0.1) is 0 Å². The highest BCUT2D eigenvalue weighted by Crippen LogP contribution is 2.11. The molecule has 0 bridgehead atoms. The van der Waals surface area contributed by atoms with Crippen LogP contribution >= 0.6 is 0 Å². The molecule has 0 aliphatic carbocycles. The number of nitrogens with one attached hydrogen (secondary N) is 1. The molecular weight excluding hydrogens is 214 g/mol. The normalized spacial score (nSPS) is 22.9. The highest BCUT2D eigenvalue weighted by Gasteiger charge is 2.26. The maximum absolute atomic E-state index is 11.9. The molecular formula is C9H21N3O2S. The van der Waals surface area contributed by atoms with Crippen molar-refractivity contribution in [2.45, 2.75) is 25.8 Å². The molecule has 1 unspecified atom stereocenters. The summed E-state index contributed by atoms with van der Waals surface area (Å²) in [5.41, 5.74) is 0. The van der Waals surface area contributed by atoms with Crippen LogP contribution in [-0.4, -0.2) is 56.8 Å². The van der Waals surface area contributed by atoms with E-state index in [1.807, 2.05) is 6.92 Å². The van der Waals surface area contributed by atoms with E-state index < -0.39 is 10.2 Å². The van der Waals surface area contributed by atoms with Gasteiger partial charge in [0.2, 0.25) is 0 Å². The zero-order chi connectivity index (χ0) is 11.5. The van der Waals surface area contributed by atoms with Gasteiger partial charge < -0.3 is 5.32 Å². The third kappa shape index (κ3) is 3.14. The van der Waals surface area contributed by atoms with Crippen LogP contribution in [0.3, 0.4) is 0 Å². The van der Waals surface area contributed by atoms with Gasteiger partial charge in [-0.3, -0.25) is 0 Å². The molecule has 1 N–H and O–H groups in total. The van der Waals surface area contributed by atoms with Crippen molar-refractivity contribution in [1.82, 2.24) is 13.9 Å². The topological polar surface area (TPSA) is 52.7 Å². The van der Waals surface area contributed by atoms with E-state index in [9.17, 15) is 8.42 Å². The van der Waals surface area contributed by atoms with Crippen LogP contribution in [0.25, 0.3) is 0 Å². The van der Waals surface area contributed by atoms with Gasteiger partial charge in [0.05, 0.1) is 0 Å².